The summed E-state index contributed by atoms with van der Waals surface area (Å²) in [5, 5.41) is 9.81. The number of hydrogen-bond donors (Lipinski definition) is 1. The number of hydrogen-bond acceptors (Lipinski definition) is 6. The topological polar surface area (TPSA) is 104 Å². The molecule has 1 heterocycles. The summed E-state index contributed by atoms with van der Waals surface area (Å²) >= 11 is 0. The first kappa shape index (κ1) is 29.1. The lowest BCUT2D eigenvalue weighted by atomic mass is 10.0. The number of rotatable bonds is 7. The number of likely N-dealkylation sites (N-methyl/N-ethyl adjacent to an activating group) is 1. The van der Waals surface area contributed by atoms with Crippen LogP contribution < -0.4 is 4.74 Å². The van der Waals surface area contributed by atoms with E-state index in [0.717, 1.165) is 16.4 Å². The molecule has 0 saturated carbocycles. The molecule has 12 heteroatoms. The average Bonchev–Trinajstić information content (AvgIpc) is 2.90. The van der Waals surface area contributed by atoms with Crippen LogP contribution in [0.3, 0.4) is 0 Å². The van der Waals surface area contributed by atoms with Gasteiger partial charge in [0.05, 0.1) is 18.0 Å². The van der Waals surface area contributed by atoms with Crippen molar-refractivity contribution < 1.29 is 35.5 Å². The van der Waals surface area contributed by atoms with E-state index in [2.05, 4.69) is 0 Å². The molecule has 0 fully saturated rings. The van der Waals surface area contributed by atoms with Crippen LogP contribution in [0.25, 0.3) is 11.1 Å². The van der Waals surface area contributed by atoms with Crippen LogP contribution in [0.15, 0.2) is 76.5 Å². The number of nitrogens with zero attached hydrogens (tertiary/aromatic N) is 2. The monoisotopic (exact) mass is 580 g/mol. The van der Waals surface area contributed by atoms with Crippen LogP contribution in [0.2, 0.25) is 0 Å². The van der Waals surface area contributed by atoms with Crippen molar-refractivity contribution in [3.8, 4) is 16.9 Å². The number of benzene rings is 3. The Kier molecular flexibility index (Phi) is 8.43. The molecule has 3 atom stereocenters. The van der Waals surface area contributed by atoms with E-state index in [9.17, 15) is 30.7 Å². The SMILES string of the molecule is C[C@@H]1CN([C@H](C)CO)S(=O)(=O)c2ccc(-c3cccc(F)c3)cc2O[C@H]1CN(C)S(=O)(=O)c1ccc(F)cc1. The Bertz CT molecular complexity index is 1550. The second-order valence-corrected chi connectivity index (χ2v) is 13.6. The molecule has 0 spiro atoms. The molecule has 0 amide bonds. The number of aliphatic hydroxyl groups excluding tert-OH is 1. The van der Waals surface area contributed by atoms with E-state index in [-0.39, 0.29) is 28.6 Å². The predicted molar refractivity (Wildman–Crippen MR) is 142 cm³/mol. The third-order valence-corrected chi connectivity index (χ3v) is 10.6. The van der Waals surface area contributed by atoms with E-state index in [1.807, 2.05) is 0 Å². The molecule has 3 aromatic carbocycles. The molecule has 210 valence electrons. The van der Waals surface area contributed by atoms with E-state index in [1.165, 1.54) is 53.8 Å². The summed E-state index contributed by atoms with van der Waals surface area (Å²) in [6, 6.07) is 13.9. The van der Waals surface area contributed by atoms with E-state index < -0.39 is 56.4 Å². The summed E-state index contributed by atoms with van der Waals surface area (Å²) in [5.41, 5.74) is 1.01. The molecule has 8 nitrogen and oxygen atoms in total. The van der Waals surface area contributed by atoms with Gasteiger partial charge in [0.1, 0.15) is 28.4 Å². The number of aliphatic hydroxyl groups is 1. The fourth-order valence-corrected chi connectivity index (χ4v) is 7.44. The summed E-state index contributed by atoms with van der Waals surface area (Å²) in [7, 11) is -6.77. The molecule has 0 aliphatic carbocycles. The van der Waals surface area contributed by atoms with Crippen molar-refractivity contribution >= 4 is 20.0 Å². The molecule has 39 heavy (non-hydrogen) atoms. The van der Waals surface area contributed by atoms with Gasteiger partial charge in [-0.1, -0.05) is 25.1 Å². The fourth-order valence-electron chi connectivity index (χ4n) is 4.43. The van der Waals surface area contributed by atoms with Gasteiger partial charge in [-0.05, 0) is 66.6 Å². The third kappa shape index (κ3) is 5.99. The fraction of sp³-hybridized carbons (Fsp3) is 0.333. The highest BCUT2D eigenvalue weighted by Crippen LogP contribution is 2.37. The largest absolute Gasteiger partial charge is 0.487 e. The van der Waals surface area contributed by atoms with E-state index >= 15 is 0 Å². The van der Waals surface area contributed by atoms with E-state index in [0.29, 0.717) is 11.1 Å². The van der Waals surface area contributed by atoms with Gasteiger partial charge in [-0.3, -0.25) is 0 Å². The van der Waals surface area contributed by atoms with Crippen LogP contribution in [-0.2, 0) is 20.0 Å². The summed E-state index contributed by atoms with van der Waals surface area (Å²) in [5.74, 6) is -1.56. The van der Waals surface area contributed by atoms with Crippen molar-refractivity contribution in [3.63, 3.8) is 0 Å². The van der Waals surface area contributed by atoms with Crippen molar-refractivity contribution in [3.05, 3.63) is 78.4 Å². The van der Waals surface area contributed by atoms with Crippen LogP contribution in [0, 0.1) is 17.6 Å². The van der Waals surface area contributed by atoms with Gasteiger partial charge in [0, 0.05) is 25.6 Å². The van der Waals surface area contributed by atoms with Crippen LogP contribution in [0.5, 0.6) is 5.75 Å². The predicted octanol–water partition coefficient (Wildman–Crippen LogP) is 3.72. The van der Waals surface area contributed by atoms with Crippen molar-refractivity contribution in [2.45, 2.75) is 35.8 Å². The van der Waals surface area contributed by atoms with Gasteiger partial charge in [-0.15, -0.1) is 0 Å². The first-order chi connectivity index (χ1) is 18.3. The molecule has 0 radical (unpaired) electrons. The third-order valence-electron chi connectivity index (χ3n) is 6.78. The lowest BCUT2D eigenvalue weighted by Gasteiger charge is -2.37. The lowest BCUT2D eigenvalue weighted by molar-refractivity contribution is 0.0905. The lowest BCUT2D eigenvalue weighted by Crippen LogP contribution is -2.50. The highest BCUT2D eigenvalue weighted by Gasteiger charge is 2.39. The van der Waals surface area contributed by atoms with Crippen molar-refractivity contribution in [1.29, 1.82) is 0 Å². The zero-order valence-corrected chi connectivity index (χ0v) is 23.3. The minimum Gasteiger partial charge on any atom is -0.487 e. The number of ether oxygens (including phenoxy) is 1. The molecule has 1 aliphatic rings. The minimum atomic E-state index is -4.11. The summed E-state index contributed by atoms with van der Waals surface area (Å²) in [4.78, 5) is -0.249. The Balaban J connectivity index is 1.77. The van der Waals surface area contributed by atoms with Crippen LogP contribution in [-0.4, -0.2) is 69.4 Å². The highest BCUT2D eigenvalue weighted by molar-refractivity contribution is 7.89. The van der Waals surface area contributed by atoms with Crippen molar-refractivity contribution in [2.75, 3.05) is 26.7 Å². The zero-order chi connectivity index (χ0) is 28.5. The molecule has 0 unspecified atom stereocenters. The van der Waals surface area contributed by atoms with E-state index in [1.54, 1.807) is 26.0 Å². The van der Waals surface area contributed by atoms with Gasteiger partial charge in [0.15, 0.2) is 0 Å². The first-order valence-electron chi connectivity index (χ1n) is 12.3. The molecule has 0 aromatic heterocycles. The Morgan fingerprint density at radius 2 is 1.72 bits per heavy atom. The van der Waals surface area contributed by atoms with Gasteiger partial charge >= 0.3 is 0 Å². The summed E-state index contributed by atoms with van der Waals surface area (Å²) in [6.45, 7) is 2.70. The first-order valence-corrected chi connectivity index (χ1v) is 15.1. The Labute approximate surface area is 227 Å². The Hall–Kier alpha value is -2.90. The Morgan fingerprint density at radius 3 is 2.36 bits per heavy atom. The smallest absolute Gasteiger partial charge is 0.247 e. The molecular weight excluding hydrogens is 550 g/mol. The van der Waals surface area contributed by atoms with Gasteiger partial charge in [0.25, 0.3) is 0 Å². The maximum absolute atomic E-state index is 13.9. The maximum atomic E-state index is 13.9. The van der Waals surface area contributed by atoms with Gasteiger partial charge in [-0.25, -0.2) is 25.6 Å². The van der Waals surface area contributed by atoms with Crippen molar-refractivity contribution in [2.24, 2.45) is 5.92 Å². The summed E-state index contributed by atoms with van der Waals surface area (Å²) in [6.07, 6.45) is -0.810. The molecule has 1 N–H and O–H groups in total. The van der Waals surface area contributed by atoms with Crippen molar-refractivity contribution in [1.82, 2.24) is 8.61 Å². The number of sulfonamides is 2. The highest BCUT2D eigenvalue weighted by atomic mass is 32.2. The second-order valence-electron chi connectivity index (χ2n) is 9.65. The second kappa shape index (κ2) is 11.3. The molecule has 4 rings (SSSR count). The number of halogens is 2. The molecular formula is C27H30F2N2O6S2. The molecule has 0 bridgehead atoms. The number of fused-ring (bicyclic) bond motifs is 1. The minimum absolute atomic E-state index is 0.0176. The van der Waals surface area contributed by atoms with Gasteiger partial charge in [0.2, 0.25) is 20.0 Å². The molecule has 3 aromatic rings. The Morgan fingerprint density at radius 1 is 1.05 bits per heavy atom. The van der Waals surface area contributed by atoms with E-state index in [4.69, 9.17) is 4.74 Å². The quantitative estimate of drug-likeness (QED) is 0.457. The zero-order valence-electron chi connectivity index (χ0n) is 21.7. The molecule has 1 aliphatic heterocycles. The average molecular weight is 581 g/mol. The van der Waals surface area contributed by atoms with Gasteiger partial charge in [-0.2, -0.15) is 8.61 Å². The molecule has 0 saturated heterocycles. The maximum Gasteiger partial charge on any atom is 0.247 e. The normalized spacial score (nSPS) is 20.5. The van der Waals surface area contributed by atoms with Crippen LogP contribution >= 0.6 is 0 Å². The van der Waals surface area contributed by atoms with Gasteiger partial charge < -0.3 is 9.84 Å². The van der Waals surface area contributed by atoms with Crippen LogP contribution in [0.4, 0.5) is 8.78 Å². The standard InChI is InChI=1S/C27H30F2N2O6S2/c1-18-15-31(19(2)17-32)39(35,36)27-12-7-21(20-5-4-6-23(29)13-20)14-25(27)37-26(18)16-30(3)38(33,34)24-10-8-22(28)9-11-24/h4-14,18-19,26,32H,15-17H2,1-3H3/t18-,19-,26+/m1/s1. The van der Waals surface area contributed by atoms with Crippen LogP contribution in [0.1, 0.15) is 13.8 Å². The summed E-state index contributed by atoms with van der Waals surface area (Å²) < 4.78 is 89.5.